The van der Waals surface area contributed by atoms with E-state index in [2.05, 4.69) is 78.7 Å². The predicted octanol–water partition coefficient (Wildman–Crippen LogP) is 5.44. The average molecular weight is 332 g/mol. The van der Waals surface area contributed by atoms with Crippen molar-refractivity contribution in [2.75, 3.05) is 12.9 Å². The van der Waals surface area contributed by atoms with E-state index < -0.39 is 10.0 Å². The first kappa shape index (κ1) is 15.3. The smallest absolute Gasteiger partial charge is 0.0471 e. The zero-order chi connectivity index (χ0) is 16.6. The maximum atomic E-state index is 9.18. The minimum absolute atomic E-state index is 0.170. The third kappa shape index (κ3) is 2.23. The summed E-state index contributed by atoms with van der Waals surface area (Å²) < 4.78 is 0. The molecular formula is C22H20OS. The van der Waals surface area contributed by atoms with E-state index in [1.165, 1.54) is 25.8 Å². The topological polar surface area (TPSA) is 20.2 Å². The van der Waals surface area contributed by atoms with E-state index in [9.17, 15) is 5.11 Å². The van der Waals surface area contributed by atoms with Gasteiger partial charge >= 0.3 is 0 Å². The van der Waals surface area contributed by atoms with Crippen molar-refractivity contribution >= 4 is 10.0 Å². The Balaban J connectivity index is 1.93. The molecule has 2 aromatic rings. The van der Waals surface area contributed by atoms with Crippen LogP contribution in [0.2, 0.25) is 0 Å². The molecule has 4 rings (SSSR count). The van der Waals surface area contributed by atoms with Gasteiger partial charge in [0.05, 0.1) is 0 Å². The summed E-state index contributed by atoms with van der Waals surface area (Å²) in [7, 11) is -1.27. The third-order valence-corrected chi connectivity index (χ3v) is 8.44. The number of hydrogen-bond acceptors (Lipinski definition) is 1. The van der Waals surface area contributed by atoms with E-state index in [1.807, 2.05) is 6.08 Å². The molecule has 1 nitrogen and oxygen atoms in total. The van der Waals surface area contributed by atoms with Crippen LogP contribution < -0.4 is 0 Å². The normalized spacial score (nSPS) is 18.2. The Morgan fingerprint density at radius 1 is 0.875 bits per heavy atom. The van der Waals surface area contributed by atoms with Crippen LogP contribution in [0.5, 0.6) is 0 Å². The lowest BCUT2D eigenvalue weighted by Crippen LogP contribution is -1.98. The summed E-state index contributed by atoms with van der Waals surface area (Å²) >= 11 is 0. The number of aliphatic hydroxyl groups is 1. The van der Waals surface area contributed by atoms with E-state index in [-0.39, 0.29) is 6.61 Å². The van der Waals surface area contributed by atoms with Gasteiger partial charge in [0.25, 0.3) is 0 Å². The molecule has 0 amide bonds. The molecule has 0 saturated carbocycles. The Kier molecular flexibility index (Phi) is 3.82. The summed E-state index contributed by atoms with van der Waals surface area (Å²) in [6, 6.07) is 17.5. The molecule has 1 N–H and O–H groups in total. The number of hydrogen-bond donors (Lipinski definition) is 1. The van der Waals surface area contributed by atoms with Gasteiger partial charge in [0, 0.05) is 21.3 Å². The average Bonchev–Trinajstić information content (AvgIpc) is 2.76. The van der Waals surface area contributed by atoms with Gasteiger partial charge in [0.1, 0.15) is 0 Å². The first-order valence-electron chi connectivity index (χ1n) is 8.16. The second-order valence-electron chi connectivity index (χ2n) is 6.15. The summed E-state index contributed by atoms with van der Waals surface area (Å²) in [6.45, 7) is 0.170. The summed E-state index contributed by atoms with van der Waals surface area (Å²) in [5.74, 6) is 0. The quantitative estimate of drug-likeness (QED) is 0.742. The molecule has 0 bridgehead atoms. The molecule has 0 unspecified atom stereocenters. The molecular weight excluding hydrogens is 312 g/mol. The lowest BCUT2D eigenvalue weighted by atomic mass is 10.1. The highest BCUT2D eigenvalue weighted by atomic mass is 32.3. The fourth-order valence-corrected chi connectivity index (χ4v) is 6.84. The molecule has 1 heterocycles. The molecule has 0 saturated heterocycles. The zero-order valence-corrected chi connectivity index (χ0v) is 14.5. The Hall–Kier alpha value is -2.25. The SMILES string of the molecule is CS1(C2=CC=C(CCO)C=C=C2)c2ccccc2-c2ccccc21. The van der Waals surface area contributed by atoms with E-state index in [1.54, 1.807) is 0 Å². The molecule has 1 aliphatic heterocycles. The second kappa shape index (κ2) is 5.99. The van der Waals surface area contributed by atoms with Crippen LogP contribution in [0.15, 0.2) is 98.8 Å². The van der Waals surface area contributed by atoms with Gasteiger partial charge in [-0.1, -0.05) is 42.5 Å². The maximum absolute atomic E-state index is 9.18. The van der Waals surface area contributed by atoms with Crippen LogP contribution in [-0.2, 0) is 0 Å². The number of allylic oxidation sites excluding steroid dienone is 3. The molecule has 0 fully saturated rings. The van der Waals surface area contributed by atoms with Crippen LogP contribution >= 0.6 is 10.0 Å². The monoisotopic (exact) mass is 332 g/mol. The predicted molar refractivity (Wildman–Crippen MR) is 102 cm³/mol. The van der Waals surface area contributed by atoms with Crippen molar-refractivity contribution in [3.8, 4) is 11.1 Å². The molecule has 1 aliphatic carbocycles. The minimum atomic E-state index is -1.27. The van der Waals surface area contributed by atoms with Crippen molar-refractivity contribution in [2.24, 2.45) is 0 Å². The molecule has 2 aromatic carbocycles. The van der Waals surface area contributed by atoms with Gasteiger partial charge in [-0.25, -0.2) is 0 Å². The fraction of sp³-hybridized carbons (Fsp3) is 0.136. The number of benzene rings is 2. The van der Waals surface area contributed by atoms with Crippen LogP contribution in [-0.4, -0.2) is 18.0 Å². The Morgan fingerprint density at radius 3 is 2.12 bits per heavy atom. The van der Waals surface area contributed by atoms with Crippen LogP contribution in [0.3, 0.4) is 0 Å². The van der Waals surface area contributed by atoms with Gasteiger partial charge < -0.3 is 5.11 Å². The van der Waals surface area contributed by atoms with Gasteiger partial charge in [-0.2, -0.15) is 10.0 Å². The lowest BCUT2D eigenvalue weighted by molar-refractivity contribution is 0.300. The van der Waals surface area contributed by atoms with Crippen molar-refractivity contribution in [3.63, 3.8) is 0 Å². The van der Waals surface area contributed by atoms with Crippen LogP contribution in [0.25, 0.3) is 11.1 Å². The second-order valence-corrected chi connectivity index (χ2v) is 9.34. The Bertz CT molecular complexity index is 881. The molecule has 120 valence electrons. The number of fused-ring (bicyclic) bond motifs is 3. The molecule has 0 radical (unpaired) electrons. The summed E-state index contributed by atoms with van der Waals surface area (Å²) in [5.41, 5.74) is 7.14. The van der Waals surface area contributed by atoms with Crippen LogP contribution in [0.1, 0.15) is 6.42 Å². The van der Waals surface area contributed by atoms with Gasteiger partial charge in [-0.3, -0.25) is 0 Å². The van der Waals surface area contributed by atoms with Crippen molar-refractivity contribution in [1.82, 2.24) is 0 Å². The van der Waals surface area contributed by atoms with E-state index in [4.69, 9.17) is 0 Å². The highest BCUT2D eigenvalue weighted by molar-refractivity contribution is 8.36. The van der Waals surface area contributed by atoms with E-state index in [0.717, 1.165) is 5.57 Å². The lowest BCUT2D eigenvalue weighted by Gasteiger charge is -2.34. The molecule has 0 spiro atoms. The molecule has 2 aliphatic rings. The molecule has 24 heavy (non-hydrogen) atoms. The summed E-state index contributed by atoms with van der Waals surface area (Å²) in [6.07, 6.45) is 11.5. The number of aliphatic hydroxyl groups excluding tert-OH is 1. The van der Waals surface area contributed by atoms with E-state index >= 15 is 0 Å². The Morgan fingerprint density at radius 2 is 1.50 bits per heavy atom. The van der Waals surface area contributed by atoms with Gasteiger partial charge in [0.2, 0.25) is 0 Å². The molecule has 2 heteroatoms. The summed E-state index contributed by atoms with van der Waals surface area (Å²) in [5, 5.41) is 9.18. The van der Waals surface area contributed by atoms with Gasteiger partial charge in [0.15, 0.2) is 0 Å². The minimum Gasteiger partial charge on any atom is -0.396 e. The first-order chi connectivity index (χ1) is 11.7. The highest BCUT2D eigenvalue weighted by Crippen LogP contribution is 2.73. The standard InChI is InChI=1S/C22H20OS/c1-24(18-8-6-7-17(13-14-18)15-16-23)21-11-4-2-9-19(21)20-10-3-5-12-22(20)24/h2-5,7-14,23H,15-16H2,1H3. The van der Waals surface area contributed by atoms with Crippen molar-refractivity contribution in [1.29, 1.82) is 0 Å². The first-order valence-corrected chi connectivity index (χ1v) is 10.2. The third-order valence-electron chi connectivity index (χ3n) is 4.77. The zero-order valence-electron chi connectivity index (χ0n) is 13.7. The molecule has 0 aromatic heterocycles. The largest absolute Gasteiger partial charge is 0.396 e. The number of rotatable bonds is 3. The van der Waals surface area contributed by atoms with Gasteiger partial charge in [-0.05, 0) is 59.7 Å². The van der Waals surface area contributed by atoms with Crippen molar-refractivity contribution < 1.29 is 5.11 Å². The van der Waals surface area contributed by atoms with Crippen LogP contribution in [0, 0.1) is 0 Å². The van der Waals surface area contributed by atoms with Crippen molar-refractivity contribution in [2.45, 2.75) is 16.2 Å². The van der Waals surface area contributed by atoms with Crippen molar-refractivity contribution in [3.05, 3.63) is 89.0 Å². The molecule has 0 atom stereocenters. The fourth-order valence-electron chi connectivity index (χ4n) is 3.52. The van der Waals surface area contributed by atoms with Crippen LogP contribution in [0.4, 0.5) is 0 Å². The Labute approximate surface area is 144 Å². The summed E-state index contributed by atoms with van der Waals surface area (Å²) in [4.78, 5) is 4.16. The van der Waals surface area contributed by atoms with E-state index in [0.29, 0.717) is 6.42 Å². The van der Waals surface area contributed by atoms with Gasteiger partial charge in [-0.15, -0.1) is 5.73 Å². The highest BCUT2D eigenvalue weighted by Gasteiger charge is 2.36. The maximum Gasteiger partial charge on any atom is 0.0471 e.